The second kappa shape index (κ2) is 6.42. The van der Waals surface area contributed by atoms with Crippen LogP contribution in [-0.4, -0.2) is 27.2 Å². The van der Waals surface area contributed by atoms with E-state index in [1.54, 1.807) is 36.4 Å². The lowest BCUT2D eigenvalue weighted by Gasteiger charge is -2.12. The summed E-state index contributed by atoms with van der Waals surface area (Å²) in [5.41, 5.74) is 2.93. The first kappa shape index (κ1) is 16.7. The van der Waals surface area contributed by atoms with Crippen LogP contribution in [0.15, 0.2) is 59.0 Å². The van der Waals surface area contributed by atoms with E-state index in [1.165, 1.54) is 0 Å². The van der Waals surface area contributed by atoms with Crippen LogP contribution in [0.5, 0.6) is 0 Å². The number of hydrogen-bond donors (Lipinski definition) is 0. The number of ether oxygens (including phenoxy) is 1. The SMILES string of the molecule is CS(=O)(=O)c1ccc(/C(=C2\CCOC2=O)c2ccc(Cl)cc2)cc1. The molecule has 24 heavy (non-hydrogen) atoms. The van der Waals surface area contributed by atoms with Gasteiger partial charge in [-0.25, -0.2) is 13.2 Å². The number of carbonyl (C=O) groups is 1. The molecular weight excluding hydrogens is 348 g/mol. The van der Waals surface area contributed by atoms with Gasteiger partial charge in [0.1, 0.15) is 0 Å². The molecular formula is C18H15ClO4S. The lowest BCUT2D eigenvalue weighted by atomic mass is 9.92. The van der Waals surface area contributed by atoms with Crippen LogP contribution < -0.4 is 0 Å². The summed E-state index contributed by atoms with van der Waals surface area (Å²) in [6.07, 6.45) is 1.68. The summed E-state index contributed by atoms with van der Waals surface area (Å²) in [5.74, 6) is -0.341. The number of esters is 1. The zero-order chi connectivity index (χ0) is 17.3. The molecule has 0 radical (unpaired) electrons. The van der Waals surface area contributed by atoms with Gasteiger partial charge in [0.05, 0.1) is 11.5 Å². The first-order chi connectivity index (χ1) is 11.4. The maximum Gasteiger partial charge on any atom is 0.334 e. The highest BCUT2D eigenvalue weighted by molar-refractivity contribution is 7.90. The molecule has 0 aliphatic carbocycles. The van der Waals surface area contributed by atoms with Gasteiger partial charge in [-0.1, -0.05) is 35.9 Å². The Morgan fingerprint density at radius 3 is 2.00 bits per heavy atom. The Kier molecular flexibility index (Phi) is 4.47. The van der Waals surface area contributed by atoms with Crippen molar-refractivity contribution in [3.05, 3.63) is 70.3 Å². The Morgan fingerprint density at radius 2 is 1.54 bits per heavy atom. The van der Waals surface area contributed by atoms with Crippen molar-refractivity contribution in [2.24, 2.45) is 0 Å². The summed E-state index contributed by atoms with van der Waals surface area (Å²) in [7, 11) is -3.27. The Morgan fingerprint density at radius 1 is 1.00 bits per heavy atom. The van der Waals surface area contributed by atoms with Gasteiger partial charge < -0.3 is 4.74 Å². The summed E-state index contributed by atoms with van der Waals surface area (Å²) in [6.45, 7) is 0.354. The van der Waals surface area contributed by atoms with E-state index < -0.39 is 9.84 Å². The van der Waals surface area contributed by atoms with Gasteiger partial charge in [-0.3, -0.25) is 0 Å². The van der Waals surface area contributed by atoms with E-state index in [4.69, 9.17) is 16.3 Å². The lowest BCUT2D eigenvalue weighted by Crippen LogP contribution is -2.02. The minimum Gasteiger partial charge on any atom is -0.462 e. The lowest BCUT2D eigenvalue weighted by molar-refractivity contribution is -0.135. The zero-order valence-corrected chi connectivity index (χ0v) is 14.5. The van der Waals surface area contributed by atoms with Crippen LogP contribution in [-0.2, 0) is 19.4 Å². The normalized spacial score (nSPS) is 16.8. The third-order valence-corrected chi connectivity index (χ3v) is 5.22. The summed E-state index contributed by atoms with van der Waals surface area (Å²) in [4.78, 5) is 12.3. The number of benzene rings is 2. The highest BCUT2D eigenvalue weighted by Gasteiger charge is 2.25. The highest BCUT2D eigenvalue weighted by Crippen LogP contribution is 2.32. The number of sulfone groups is 1. The molecule has 6 heteroatoms. The summed E-state index contributed by atoms with van der Waals surface area (Å²) in [6, 6.07) is 13.7. The molecule has 1 fully saturated rings. The second-order valence-electron chi connectivity index (χ2n) is 5.54. The third-order valence-electron chi connectivity index (χ3n) is 3.84. The van der Waals surface area contributed by atoms with E-state index in [2.05, 4.69) is 0 Å². The molecule has 4 nitrogen and oxygen atoms in total. The Bertz CT molecular complexity index is 910. The number of cyclic esters (lactones) is 1. The largest absolute Gasteiger partial charge is 0.462 e. The minimum atomic E-state index is -3.27. The molecule has 2 aromatic rings. The van der Waals surface area contributed by atoms with Crippen molar-refractivity contribution in [2.75, 3.05) is 12.9 Å². The van der Waals surface area contributed by atoms with Crippen molar-refractivity contribution < 1.29 is 17.9 Å². The van der Waals surface area contributed by atoms with Gasteiger partial charge in [0.2, 0.25) is 0 Å². The molecule has 0 atom stereocenters. The molecule has 0 saturated carbocycles. The van der Waals surface area contributed by atoms with Gasteiger partial charge in [0.15, 0.2) is 9.84 Å². The standard InChI is InChI=1S/C18H15ClO4S/c1-24(21,22)15-8-4-13(5-9-15)17(16-10-11-23-18(16)20)12-2-6-14(19)7-3-12/h2-9H,10-11H2,1H3/b17-16+. The monoisotopic (exact) mass is 362 g/mol. The average molecular weight is 363 g/mol. The molecule has 0 N–H and O–H groups in total. The molecule has 0 bridgehead atoms. The first-order valence-corrected chi connectivity index (χ1v) is 9.60. The zero-order valence-electron chi connectivity index (χ0n) is 13.0. The second-order valence-corrected chi connectivity index (χ2v) is 8.00. The molecule has 124 valence electrons. The fourth-order valence-corrected chi connectivity index (χ4v) is 3.42. The molecule has 0 unspecified atom stereocenters. The fraction of sp³-hybridized carbons (Fsp3) is 0.167. The quantitative estimate of drug-likeness (QED) is 0.619. The molecule has 0 amide bonds. The van der Waals surface area contributed by atoms with Gasteiger partial charge in [-0.2, -0.15) is 0 Å². The van der Waals surface area contributed by atoms with E-state index in [0.29, 0.717) is 23.6 Å². The Hall–Kier alpha value is -2.11. The van der Waals surface area contributed by atoms with Gasteiger partial charge in [0.25, 0.3) is 0 Å². The first-order valence-electron chi connectivity index (χ1n) is 7.33. The summed E-state index contributed by atoms with van der Waals surface area (Å²) >= 11 is 5.95. The highest BCUT2D eigenvalue weighted by atomic mass is 35.5. The van der Waals surface area contributed by atoms with Crippen LogP contribution in [0.2, 0.25) is 5.02 Å². The molecule has 0 spiro atoms. The Labute approximate surface area is 145 Å². The van der Waals surface area contributed by atoms with Crippen molar-refractivity contribution in [3.8, 4) is 0 Å². The van der Waals surface area contributed by atoms with Crippen LogP contribution in [0.25, 0.3) is 5.57 Å². The number of hydrogen-bond acceptors (Lipinski definition) is 4. The van der Waals surface area contributed by atoms with Crippen LogP contribution >= 0.6 is 11.6 Å². The van der Waals surface area contributed by atoms with Gasteiger partial charge in [0, 0.05) is 23.3 Å². The van der Waals surface area contributed by atoms with Gasteiger partial charge >= 0.3 is 5.97 Å². The van der Waals surface area contributed by atoms with Crippen molar-refractivity contribution in [2.45, 2.75) is 11.3 Å². The fourth-order valence-electron chi connectivity index (χ4n) is 2.66. The van der Waals surface area contributed by atoms with Crippen LogP contribution in [0.4, 0.5) is 0 Å². The van der Waals surface area contributed by atoms with E-state index in [-0.39, 0.29) is 10.9 Å². The van der Waals surface area contributed by atoms with Crippen molar-refractivity contribution in [3.63, 3.8) is 0 Å². The van der Waals surface area contributed by atoms with Gasteiger partial charge in [-0.05, 0) is 41.0 Å². The number of rotatable bonds is 3. The predicted octanol–water partition coefficient (Wildman–Crippen LogP) is 3.49. The minimum absolute atomic E-state index is 0.237. The number of carbonyl (C=O) groups excluding carboxylic acids is 1. The molecule has 0 aromatic heterocycles. The van der Waals surface area contributed by atoms with Crippen LogP contribution in [0, 0.1) is 0 Å². The van der Waals surface area contributed by atoms with Crippen molar-refractivity contribution >= 4 is 33.0 Å². The van der Waals surface area contributed by atoms with Crippen LogP contribution in [0.3, 0.4) is 0 Å². The topological polar surface area (TPSA) is 60.4 Å². The molecule has 1 saturated heterocycles. The Balaban J connectivity index is 2.16. The van der Waals surface area contributed by atoms with Crippen molar-refractivity contribution in [1.29, 1.82) is 0 Å². The summed E-state index contributed by atoms with van der Waals surface area (Å²) in [5, 5.41) is 0.601. The third kappa shape index (κ3) is 3.37. The number of halogens is 1. The maximum atomic E-state index is 12.1. The molecule has 1 aliphatic heterocycles. The van der Waals surface area contributed by atoms with Crippen molar-refractivity contribution in [1.82, 2.24) is 0 Å². The summed E-state index contributed by atoms with van der Waals surface area (Å²) < 4.78 is 28.3. The van der Waals surface area contributed by atoms with E-state index >= 15 is 0 Å². The van der Waals surface area contributed by atoms with Gasteiger partial charge in [-0.15, -0.1) is 0 Å². The van der Waals surface area contributed by atoms with E-state index in [1.807, 2.05) is 12.1 Å². The molecule has 1 heterocycles. The maximum absolute atomic E-state index is 12.1. The van der Waals surface area contributed by atoms with Crippen LogP contribution in [0.1, 0.15) is 17.5 Å². The molecule has 2 aromatic carbocycles. The molecule has 3 rings (SSSR count). The predicted molar refractivity (Wildman–Crippen MR) is 92.6 cm³/mol. The smallest absolute Gasteiger partial charge is 0.334 e. The molecule has 1 aliphatic rings. The van der Waals surface area contributed by atoms with E-state index in [0.717, 1.165) is 23.0 Å². The van der Waals surface area contributed by atoms with E-state index in [9.17, 15) is 13.2 Å². The average Bonchev–Trinajstić information content (AvgIpc) is 2.95.